The fourth-order valence-corrected chi connectivity index (χ4v) is 3.87. The minimum atomic E-state index is -0.348. The number of ether oxygens (including phenoxy) is 2. The van der Waals surface area contributed by atoms with Crippen molar-refractivity contribution in [2.45, 2.75) is 19.8 Å². The van der Waals surface area contributed by atoms with Gasteiger partial charge in [0.15, 0.2) is 0 Å². The minimum Gasteiger partial charge on any atom is -0.497 e. The summed E-state index contributed by atoms with van der Waals surface area (Å²) in [4.78, 5) is 27.9. The van der Waals surface area contributed by atoms with Gasteiger partial charge in [-0.25, -0.2) is 0 Å². The normalized spacial score (nSPS) is 18.4. The number of carbonyl (C=O) groups excluding carboxylic acids is 2. The van der Waals surface area contributed by atoms with Crippen molar-refractivity contribution in [2.24, 2.45) is 11.8 Å². The van der Waals surface area contributed by atoms with Crippen LogP contribution in [-0.2, 0) is 4.79 Å². The van der Waals surface area contributed by atoms with Crippen LogP contribution in [0, 0.1) is 11.8 Å². The molecule has 6 heteroatoms. The fourth-order valence-electron chi connectivity index (χ4n) is 3.87. The predicted molar refractivity (Wildman–Crippen MR) is 116 cm³/mol. The number of likely N-dealkylation sites (tertiary alicyclic amines) is 1. The number of rotatable bonds is 7. The maximum atomic E-state index is 13.1. The molecule has 2 aromatic carbocycles. The molecule has 1 heterocycles. The molecule has 2 atom stereocenters. The Morgan fingerprint density at radius 2 is 1.80 bits per heavy atom. The van der Waals surface area contributed by atoms with Crippen molar-refractivity contribution in [3.05, 3.63) is 59.7 Å². The molecule has 1 N–H and O–H groups in total. The van der Waals surface area contributed by atoms with Gasteiger partial charge < -0.3 is 19.7 Å². The monoisotopic (exact) mass is 410 g/mol. The highest BCUT2D eigenvalue weighted by molar-refractivity contribution is 5.95. The number of nitrogens with one attached hydrogen (secondary N) is 1. The summed E-state index contributed by atoms with van der Waals surface area (Å²) >= 11 is 0. The maximum Gasteiger partial charge on any atom is 0.253 e. The standard InChI is InChI=1S/C24H30N2O4/c1-16(2)13-25-23(27)21-15-26(24(28)17-8-6-5-7-9-17)14-20(21)19-11-10-18(29-3)12-22(19)30-4/h5-12,16,20-21H,13-15H2,1-4H3,(H,25,27)/t20-,21-/m0/s1. The van der Waals surface area contributed by atoms with Gasteiger partial charge in [-0.3, -0.25) is 9.59 Å². The van der Waals surface area contributed by atoms with Gasteiger partial charge in [-0.05, 0) is 24.1 Å². The molecule has 1 aliphatic rings. The Balaban J connectivity index is 1.91. The number of benzene rings is 2. The van der Waals surface area contributed by atoms with Gasteiger partial charge in [-0.2, -0.15) is 0 Å². The summed E-state index contributed by atoms with van der Waals surface area (Å²) in [6.07, 6.45) is 0. The summed E-state index contributed by atoms with van der Waals surface area (Å²) in [5, 5.41) is 3.04. The van der Waals surface area contributed by atoms with Crippen molar-refractivity contribution in [2.75, 3.05) is 33.9 Å². The van der Waals surface area contributed by atoms with E-state index in [0.29, 0.717) is 42.6 Å². The van der Waals surface area contributed by atoms with Crippen molar-refractivity contribution in [1.82, 2.24) is 10.2 Å². The number of hydrogen-bond acceptors (Lipinski definition) is 4. The first-order valence-electron chi connectivity index (χ1n) is 10.3. The zero-order valence-corrected chi connectivity index (χ0v) is 18.1. The van der Waals surface area contributed by atoms with Gasteiger partial charge in [0.2, 0.25) is 5.91 Å². The van der Waals surface area contributed by atoms with E-state index in [4.69, 9.17) is 9.47 Å². The molecule has 30 heavy (non-hydrogen) atoms. The van der Waals surface area contributed by atoms with E-state index >= 15 is 0 Å². The molecule has 0 bridgehead atoms. The second-order valence-corrected chi connectivity index (χ2v) is 8.04. The van der Waals surface area contributed by atoms with Gasteiger partial charge in [0, 0.05) is 42.7 Å². The Hall–Kier alpha value is -3.02. The lowest BCUT2D eigenvalue weighted by Crippen LogP contribution is -2.37. The van der Waals surface area contributed by atoms with Crippen molar-refractivity contribution in [1.29, 1.82) is 0 Å². The summed E-state index contributed by atoms with van der Waals surface area (Å²) in [5.41, 5.74) is 1.53. The summed E-state index contributed by atoms with van der Waals surface area (Å²) < 4.78 is 10.9. The molecule has 2 aromatic rings. The van der Waals surface area contributed by atoms with E-state index in [2.05, 4.69) is 19.2 Å². The molecular weight excluding hydrogens is 380 g/mol. The highest BCUT2D eigenvalue weighted by atomic mass is 16.5. The van der Waals surface area contributed by atoms with Crippen LogP contribution in [0.4, 0.5) is 0 Å². The van der Waals surface area contributed by atoms with Crippen LogP contribution in [0.3, 0.4) is 0 Å². The Morgan fingerprint density at radius 3 is 2.43 bits per heavy atom. The lowest BCUT2D eigenvalue weighted by atomic mass is 9.87. The quantitative estimate of drug-likeness (QED) is 0.760. The molecule has 1 saturated heterocycles. The zero-order valence-electron chi connectivity index (χ0n) is 18.1. The molecule has 3 rings (SSSR count). The van der Waals surface area contributed by atoms with Crippen LogP contribution < -0.4 is 14.8 Å². The first-order valence-corrected chi connectivity index (χ1v) is 10.3. The Bertz CT molecular complexity index is 882. The van der Waals surface area contributed by atoms with E-state index in [-0.39, 0.29) is 23.7 Å². The van der Waals surface area contributed by atoms with Gasteiger partial charge in [0.25, 0.3) is 5.91 Å². The smallest absolute Gasteiger partial charge is 0.253 e. The van der Waals surface area contributed by atoms with Gasteiger partial charge in [-0.1, -0.05) is 38.1 Å². The Morgan fingerprint density at radius 1 is 1.07 bits per heavy atom. The summed E-state index contributed by atoms with van der Waals surface area (Å²) in [6.45, 7) is 5.55. The van der Waals surface area contributed by atoms with Crippen LogP contribution in [0.2, 0.25) is 0 Å². The van der Waals surface area contributed by atoms with Gasteiger partial charge >= 0.3 is 0 Å². The van der Waals surface area contributed by atoms with Crippen molar-refractivity contribution < 1.29 is 19.1 Å². The predicted octanol–water partition coefficient (Wildman–Crippen LogP) is 3.33. The minimum absolute atomic E-state index is 0.0325. The molecule has 1 fully saturated rings. The van der Waals surface area contributed by atoms with E-state index in [9.17, 15) is 9.59 Å². The number of hydrogen-bond donors (Lipinski definition) is 1. The molecule has 0 aliphatic carbocycles. The van der Waals surface area contributed by atoms with E-state index < -0.39 is 0 Å². The molecule has 2 amide bonds. The molecule has 6 nitrogen and oxygen atoms in total. The molecule has 0 unspecified atom stereocenters. The van der Waals surface area contributed by atoms with Crippen molar-refractivity contribution >= 4 is 11.8 Å². The first kappa shape index (κ1) is 21.7. The van der Waals surface area contributed by atoms with E-state index in [0.717, 1.165) is 5.56 Å². The van der Waals surface area contributed by atoms with Crippen LogP contribution in [0.25, 0.3) is 0 Å². The third-order valence-corrected chi connectivity index (χ3v) is 5.49. The lowest BCUT2D eigenvalue weighted by molar-refractivity contribution is -0.125. The largest absolute Gasteiger partial charge is 0.497 e. The SMILES string of the molecule is COc1ccc([C@@H]2CN(C(=O)c3ccccc3)C[C@@H]2C(=O)NCC(C)C)c(OC)c1. The van der Waals surface area contributed by atoms with Crippen LogP contribution in [-0.4, -0.2) is 50.6 Å². The second-order valence-electron chi connectivity index (χ2n) is 8.04. The van der Waals surface area contributed by atoms with Crippen LogP contribution >= 0.6 is 0 Å². The first-order chi connectivity index (χ1) is 14.4. The van der Waals surface area contributed by atoms with E-state index in [1.807, 2.05) is 36.4 Å². The molecule has 0 aromatic heterocycles. The van der Waals surface area contributed by atoms with Crippen molar-refractivity contribution in [3.8, 4) is 11.5 Å². The highest BCUT2D eigenvalue weighted by Crippen LogP contribution is 2.39. The number of methoxy groups -OCH3 is 2. The van der Waals surface area contributed by atoms with Crippen LogP contribution in [0.5, 0.6) is 11.5 Å². The van der Waals surface area contributed by atoms with Crippen LogP contribution in [0.1, 0.15) is 35.7 Å². The highest BCUT2D eigenvalue weighted by Gasteiger charge is 2.41. The maximum absolute atomic E-state index is 13.1. The average Bonchev–Trinajstić information content (AvgIpc) is 3.22. The van der Waals surface area contributed by atoms with Gasteiger partial charge in [-0.15, -0.1) is 0 Å². The molecule has 0 radical (unpaired) electrons. The Labute approximate surface area is 178 Å². The molecule has 0 saturated carbocycles. The van der Waals surface area contributed by atoms with E-state index in [1.54, 1.807) is 31.3 Å². The molecular formula is C24H30N2O4. The summed E-state index contributed by atoms with van der Waals surface area (Å²) in [6, 6.07) is 14.8. The zero-order chi connectivity index (χ0) is 21.7. The lowest BCUT2D eigenvalue weighted by Gasteiger charge is -2.21. The third kappa shape index (κ3) is 4.75. The number of amides is 2. The second kappa shape index (κ2) is 9.65. The molecule has 160 valence electrons. The number of nitrogens with zero attached hydrogens (tertiary/aromatic N) is 1. The molecule has 0 spiro atoms. The van der Waals surface area contributed by atoms with Gasteiger partial charge in [0.05, 0.1) is 20.1 Å². The summed E-state index contributed by atoms with van der Waals surface area (Å²) in [5.74, 6) is 1.10. The van der Waals surface area contributed by atoms with Gasteiger partial charge in [0.1, 0.15) is 11.5 Å². The van der Waals surface area contributed by atoms with E-state index in [1.165, 1.54) is 0 Å². The van der Waals surface area contributed by atoms with Crippen molar-refractivity contribution in [3.63, 3.8) is 0 Å². The number of carbonyl (C=O) groups is 2. The Kier molecular flexibility index (Phi) is 6.98. The third-order valence-electron chi connectivity index (χ3n) is 5.49. The topological polar surface area (TPSA) is 67.9 Å². The molecule has 1 aliphatic heterocycles. The van der Waals surface area contributed by atoms with Crippen LogP contribution in [0.15, 0.2) is 48.5 Å². The average molecular weight is 411 g/mol. The fraction of sp³-hybridized carbons (Fsp3) is 0.417. The summed E-state index contributed by atoms with van der Waals surface area (Å²) in [7, 11) is 3.21.